The van der Waals surface area contributed by atoms with E-state index in [1.54, 1.807) is 5.01 Å². The predicted octanol–water partition coefficient (Wildman–Crippen LogP) is 5.90. The fourth-order valence-electron chi connectivity index (χ4n) is 4.36. The molecule has 1 heterocycles. The molecule has 0 unspecified atom stereocenters. The summed E-state index contributed by atoms with van der Waals surface area (Å²) in [4.78, 5) is 13.2. The van der Waals surface area contributed by atoms with Gasteiger partial charge in [0.15, 0.2) is 0 Å². The second-order valence-corrected chi connectivity index (χ2v) is 7.80. The van der Waals surface area contributed by atoms with E-state index < -0.39 is 0 Å². The first kappa shape index (κ1) is 18.0. The zero-order chi connectivity index (χ0) is 19.8. The van der Waals surface area contributed by atoms with Crippen LogP contribution in [-0.4, -0.2) is 16.8 Å². The van der Waals surface area contributed by atoms with Crippen LogP contribution in [0.1, 0.15) is 29.2 Å². The van der Waals surface area contributed by atoms with E-state index in [-0.39, 0.29) is 18.0 Å². The Morgan fingerprint density at radius 3 is 2.52 bits per heavy atom. The van der Waals surface area contributed by atoms with Gasteiger partial charge >= 0.3 is 6.03 Å². The number of fused-ring (bicyclic) bond motifs is 3. The van der Waals surface area contributed by atoms with E-state index in [2.05, 4.69) is 23.5 Å². The van der Waals surface area contributed by atoms with Gasteiger partial charge in [0, 0.05) is 22.2 Å². The highest BCUT2D eigenvalue weighted by molar-refractivity contribution is 6.31. The topological polar surface area (TPSA) is 44.7 Å². The molecule has 0 bridgehead atoms. The molecule has 1 aliphatic heterocycles. The van der Waals surface area contributed by atoms with E-state index in [9.17, 15) is 4.79 Å². The molecule has 2 amide bonds. The van der Waals surface area contributed by atoms with Gasteiger partial charge < -0.3 is 5.32 Å². The van der Waals surface area contributed by atoms with E-state index in [1.165, 1.54) is 5.56 Å². The molecule has 1 aliphatic carbocycles. The van der Waals surface area contributed by atoms with Gasteiger partial charge in [0.05, 0.1) is 11.8 Å². The molecule has 0 saturated heterocycles. The van der Waals surface area contributed by atoms with Gasteiger partial charge in [-0.1, -0.05) is 72.3 Å². The number of nitrogens with zero attached hydrogens (tertiary/aromatic N) is 2. The van der Waals surface area contributed by atoms with Crippen molar-refractivity contribution < 1.29 is 4.79 Å². The summed E-state index contributed by atoms with van der Waals surface area (Å²) in [6.45, 7) is 0. The molecule has 29 heavy (non-hydrogen) atoms. The van der Waals surface area contributed by atoms with Crippen LogP contribution in [0.2, 0.25) is 5.02 Å². The number of urea groups is 1. The van der Waals surface area contributed by atoms with Crippen LogP contribution < -0.4 is 5.32 Å². The zero-order valence-electron chi connectivity index (χ0n) is 15.8. The third kappa shape index (κ3) is 3.19. The maximum Gasteiger partial charge on any atom is 0.342 e. The molecule has 1 N–H and O–H groups in total. The van der Waals surface area contributed by atoms with Crippen LogP contribution in [0.15, 0.2) is 84.0 Å². The fourth-order valence-corrected chi connectivity index (χ4v) is 4.60. The first-order valence-electron chi connectivity index (χ1n) is 9.79. The van der Waals surface area contributed by atoms with Crippen LogP contribution in [0, 0.1) is 5.92 Å². The normalized spacial score (nSPS) is 19.9. The lowest BCUT2D eigenvalue weighted by Gasteiger charge is -2.30. The molecular weight excluding hydrogens is 382 g/mol. The van der Waals surface area contributed by atoms with Crippen LogP contribution in [0.4, 0.5) is 10.5 Å². The third-order valence-corrected chi connectivity index (χ3v) is 6.03. The van der Waals surface area contributed by atoms with Gasteiger partial charge in [0.1, 0.15) is 0 Å². The predicted molar refractivity (Wildman–Crippen MR) is 116 cm³/mol. The third-order valence-electron chi connectivity index (χ3n) is 5.69. The number of carbonyl (C=O) groups excluding carboxylic acids is 1. The average Bonchev–Trinajstić information content (AvgIpc) is 3.15. The van der Waals surface area contributed by atoms with Crippen molar-refractivity contribution in [3.8, 4) is 0 Å². The van der Waals surface area contributed by atoms with Crippen molar-refractivity contribution in [2.24, 2.45) is 11.0 Å². The van der Waals surface area contributed by atoms with E-state index in [1.807, 2.05) is 60.7 Å². The molecule has 2 aliphatic rings. The van der Waals surface area contributed by atoms with Gasteiger partial charge in [0.25, 0.3) is 0 Å². The molecule has 0 aromatic heterocycles. The van der Waals surface area contributed by atoms with Crippen LogP contribution >= 0.6 is 11.6 Å². The minimum atomic E-state index is -0.250. The number of hydrogen-bond acceptors (Lipinski definition) is 2. The summed E-state index contributed by atoms with van der Waals surface area (Å²) in [5.41, 5.74) is 5.06. The summed E-state index contributed by atoms with van der Waals surface area (Å²) < 4.78 is 0. The van der Waals surface area contributed by atoms with E-state index in [0.717, 1.165) is 35.4 Å². The second kappa shape index (κ2) is 7.37. The highest BCUT2D eigenvalue weighted by Crippen LogP contribution is 2.45. The zero-order valence-corrected chi connectivity index (χ0v) is 16.5. The Kier molecular flexibility index (Phi) is 4.57. The van der Waals surface area contributed by atoms with E-state index in [4.69, 9.17) is 16.7 Å². The highest BCUT2D eigenvalue weighted by Gasteiger charge is 2.44. The number of aryl methyl sites for hydroxylation is 1. The molecule has 0 saturated carbocycles. The van der Waals surface area contributed by atoms with Crippen molar-refractivity contribution >= 4 is 29.0 Å². The molecule has 2 atom stereocenters. The second-order valence-electron chi connectivity index (χ2n) is 7.39. The fraction of sp³-hybridized carbons (Fsp3) is 0.167. The molecule has 144 valence electrons. The lowest BCUT2D eigenvalue weighted by Crippen LogP contribution is -2.35. The van der Waals surface area contributed by atoms with Gasteiger partial charge in [-0.05, 0) is 42.2 Å². The first-order chi connectivity index (χ1) is 14.2. The smallest absolute Gasteiger partial charge is 0.306 e. The Morgan fingerprint density at radius 2 is 1.69 bits per heavy atom. The summed E-state index contributed by atoms with van der Waals surface area (Å²) in [7, 11) is 0. The summed E-state index contributed by atoms with van der Waals surface area (Å²) in [6, 6.07) is 25.0. The standard InChI is InChI=1S/C24H20ClN3O/c25-21-13-7-6-12-19(21)23-20-15-14-16-8-4-5-11-18(16)22(20)27-28(23)24(29)26-17-9-2-1-3-10-17/h1-13,20,23H,14-15H2,(H,26,29)/t20-,23-/m0/s1. The molecule has 4 nitrogen and oxygen atoms in total. The van der Waals surface area contributed by atoms with Crippen LogP contribution in [-0.2, 0) is 6.42 Å². The first-order valence-corrected chi connectivity index (χ1v) is 10.2. The minimum absolute atomic E-state index is 0.117. The van der Waals surface area contributed by atoms with Gasteiger partial charge in [-0.2, -0.15) is 5.10 Å². The van der Waals surface area contributed by atoms with Crippen molar-refractivity contribution in [1.29, 1.82) is 0 Å². The summed E-state index contributed by atoms with van der Waals surface area (Å²) in [6.07, 6.45) is 1.90. The lowest BCUT2D eigenvalue weighted by atomic mass is 9.77. The van der Waals surface area contributed by atoms with Crippen molar-refractivity contribution in [3.05, 3.63) is 101 Å². The Morgan fingerprint density at radius 1 is 0.966 bits per heavy atom. The summed E-state index contributed by atoms with van der Waals surface area (Å²) in [5, 5.41) is 10.0. The Hall–Kier alpha value is -3.11. The van der Waals surface area contributed by atoms with E-state index in [0.29, 0.717) is 5.02 Å². The lowest BCUT2D eigenvalue weighted by molar-refractivity contribution is 0.188. The Labute approximate surface area is 174 Å². The van der Waals surface area contributed by atoms with Crippen molar-refractivity contribution in [1.82, 2.24) is 5.01 Å². The summed E-state index contributed by atoms with van der Waals surface area (Å²) >= 11 is 6.56. The van der Waals surface area contributed by atoms with Crippen LogP contribution in [0.25, 0.3) is 0 Å². The molecule has 0 spiro atoms. The number of para-hydroxylation sites is 1. The molecule has 0 fully saturated rings. The average molecular weight is 402 g/mol. The number of carbonyl (C=O) groups is 1. The largest absolute Gasteiger partial charge is 0.342 e. The molecule has 3 aromatic carbocycles. The SMILES string of the molecule is O=C(Nc1ccccc1)N1N=C2c3ccccc3CC[C@@H]2[C@@H]1c1ccccc1Cl. The number of hydrazone groups is 1. The van der Waals surface area contributed by atoms with Gasteiger partial charge in [-0.25, -0.2) is 9.80 Å². The van der Waals surface area contributed by atoms with Gasteiger partial charge in [-0.15, -0.1) is 0 Å². The molecule has 3 aromatic rings. The number of rotatable bonds is 2. The van der Waals surface area contributed by atoms with E-state index >= 15 is 0 Å². The highest BCUT2D eigenvalue weighted by atomic mass is 35.5. The Balaban J connectivity index is 1.57. The minimum Gasteiger partial charge on any atom is -0.306 e. The van der Waals surface area contributed by atoms with Crippen LogP contribution in [0.3, 0.4) is 0 Å². The molecule has 0 radical (unpaired) electrons. The maximum atomic E-state index is 13.2. The number of nitrogens with one attached hydrogen (secondary N) is 1. The van der Waals surface area contributed by atoms with Gasteiger partial charge in [-0.3, -0.25) is 0 Å². The van der Waals surface area contributed by atoms with Gasteiger partial charge in [0.2, 0.25) is 0 Å². The number of halogens is 1. The Bertz CT molecular complexity index is 1100. The maximum absolute atomic E-state index is 13.2. The van der Waals surface area contributed by atoms with Crippen molar-refractivity contribution in [2.75, 3.05) is 5.32 Å². The molecular formula is C24H20ClN3O. The summed E-state index contributed by atoms with van der Waals surface area (Å²) in [5.74, 6) is 0.117. The molecule has 5 rings (SSSR count). The van der Waals surface area contributed by atoms with Crippen LogP contribution in [0.5, 0.6) is 0 Å². The number of hydrogen-bond donors (Lipinski definition) is 1. The van der Waals surface area contributed by atoms with Crippen molar-refractivity contribution in [2.45, 2.75) is 18.9 Å². The number of benzene rings is 3. The molecule has 5 heteroatoms. The quantitative estimate of drug-likeness (QED) is 0.571. The monoisotopic (exact) mass is 401 g/mol. The van der Waals surface area contributed by atoms with Crippen molar-refractivity contribution in [3.63, 3.8) is 0 Å². The number of anilines is 1. The number of amides is 2.